The second kappa shape index (κ2) is 8.33. The molecule has 1 fully saturated rings. The molecule has 0 amide bonds. The minimum atomic E-state index is 0.741. The second-order valence-corrected chi connectivity index (χ2v) is 8.38. The lowest BCUT2D eigenvalue weighted by Crippen LogP contribution is -2.36. The van der Waals surface area contributed by atoms with Crippen molar-refractivity contribution in [3.63, 3.8) is 0 Å². The van der Waals surface area contributed by atoms with Crippen LogP contribution < -0.4 is 10.2 Å². The number of fused-ring (bicyclic) bond motifs is 2. The molecule has 0 atom stereocenters. The Bertz CT molecular complexity index is 1340. The highest BCUT2D eigenvalue weighted by molar-refractivity contribution is 5.76. The van der Waals surface area contributed by atoms with Crippen molar-refractivity contribution in [1.29, 1.82) is 0 Å². The molecule has 0 radical (unpaired) electrons. The second-order valence-electron chi connectivity index (χ2n) is 8.38. The molecule has 2 aliphatic rings. The smallest absolute Gasteiger partial charge is 0.180 e. The highest BCUT2D eigenvalue weighted by Crippen LogP contribution is 2.31. The van der Waals surface area contributed by atoms with Gasteiger partial charge in [-0.25, -0.2) is 9.97 Å². The zero-order chi connectivity index (χ0) is 22.2. The summed E-state index contributed by atoms with van der Waals surface area (Å²) in [5.74, 6) is 0.741. The van der Waals surface area contributed by atoms with E-state index in [1.54, 1.807) is 0 Å². The molecular weight excluding hydrogens is 412 g/mol. The number of morpholine rings is 1. The summed E-state index contributed by atoms with van der Waals surface area (Å²) in [6, 6.07) is 10.7. The summed E-state index contributed by atoms with van der Waals surface area (Å²) < 4.78 is 7.61. The number of imidazole rings is 1. The van der Waals surface area contributed by atoms with Crippen LogP contribution in [0.5, 0.6) is 0 Å². The number of anilines is 3. The van der Waals surface area contributed by atoms with Crippen LogP contribution in [0.2, 0.25) is 0 Å². The summed E-state index contributed by atoms with van der Waals surface area (Å²) in [4.78, 5) is 16.7. The van der Waals surface area contributed by atoms with Crippen molar-refractivity contribution < 1.29 is 4.74 Å². The fourth-order valence-electron chi connectivity index (χ4n) is 4.67. The van der Waals surface area contributed by atoms with Crippen molar-refractivity contribution in [1.82, 2.24) is 19.4 Å². The Morgan fingerprint density at radius 3 is 2.76 bits per heavy atom. The summed E-state index contributed by atoms with van der Waals surface area (Å²) in [6.45, 7) is 5.56. The standard InChI is InChI=1S/C26H26N6O/c1-2-23-24(19-16-18-4-3-5-22(18)28-17-19)30-25(26-27-10-11-32(23)26)29-20-6-8-21(9-7-20)31-12-14-33-15-13-31/h3,5-11,16-17H,2,4,12-15H2,1H3,(H,29,30). The molecule has 1 aromatic carbocycles. The number of hydrogen-bond donors (Lipinski definition) is 1. The normalized spacial score (nSPS) is 15.2. The van der Waals surface area contributed by atoms with Crippen molar-refractivity contribution in [2.45, 2.75) is 19.8 Å². The van der Waals surface area contributed by atoms with Crippen LogP contribution in [0.25, 0.3) is 23.0 Å². The molecule has 3 aromatic heterocycles. The first kappa shape index (κ1) is 19.9. The van der Waals surface area contributed by atoms with Crippen LogP contribution in [0, 0.1) is 0 Å². The van der Waals surface area contributed by atoms with E-state index in [2.05, 4.69) is 74.0 Å². The van der Waals surface area contributed by atoms with Gasteiger partial charge in [-0.05, 0) is 54.8 Å². The summed E-state index contributed by atoms with van der Waals surface area (Å²) in [5.41, 5.74) is 8.42. The number of nitrogens with one attached hydrogen (secondary N) is 1. The Morgan fingerprint density at radius 2 is 1.94 bits per heavy atom. The van der Waals surface area contributed by atoms with Crippen molar-refractivity contribution in [3.8, 4) is 11.3 Å². The Kier molecular flexibility index (Phi) is 5.03. The summed E-state index contributed by atoms with van der Waals surface area (Å²) >= 11 is 0. The minimum Gasteiger partial charge on any atom is -0.378 e. The van der Waals surface area contributed by atoms with Crippen molar-refractivity contribution in [2.24, 2.45) is 0 Å². The first-order chi connectivity index (χ1) is 16.3. The summed E-state index contributed by atoms with van der Waals surface area (Å²) in [7, 11) is 0. The quantitative estimate of drug-likeness (QED) is 0.495. The van der Waals surface area contributed by atoms with E-state index in [4.69, 9.17) is 9.72 Å². The molecule has 6 rings (SSSR count). The van der Waals surface area contributed by atoms with Crippen LogP contribution in [0.3, 0.4) is 0 Å². The number of rotatable bonds is 5. The molecule has 7 nitrogen and oxygen atoms in total. The average Bonchev–Trinajstić information content (AvgIpc) is 3.54. The predicted octanol–water partition coefficient (Wildman–Crippen LogP) is 4.50. The molecule has 4 aromatic rings. The number of aryl methyl sites for hydroxylation is 1. The van der Waals surface area contributed by atoms with E-state index in [0.29, 0.717) is 0 Å². The van der Waals surface area contributed by atoms with Gasteiger partial charge in [0, 0.05) is 48.6 Å². The van der Waals surface area contributed by atoms with E-state index >= 15 is 0 Å². The SMILES string of the molecule is CCc1c(-c2cnc3c(c2)CC=C3)nc(Nc2ccc(N3CCOCC3)cc2)c2nccn12. The Morgan fingerprint density at radius 1 is 1.09 bits per heavy atom. The first-order valence-corrected chi connectivity index (χ1v) is 11.5. The van der Waals surface area contributed by atoms with Crippen molar-refractivity contribution in [3.05, 3.63) is 71.9 Å². The van der Waals surface area contributed by atoms with E-state index in [1.807, 2.05) is 18.6 Å². The van der Waals surface area contributed by atoms with Gasteiger partial charge in [-0.3, -0.25) is 9.38 Å². The Labute approximate surface area is 192 Å². The number of nitrogens with zero attached hydrogens (tertiary/aromatic N) is 5. The fraction of sp³-hybridized carbons (Fsp3) is 0.269. The monoisotopic (exact) mass is 438 g/mol. The van der Waals surface area contributed by atoms with Crippen LogP contribution in [0.15, 0.2) is 55.0 Å². The summed E-state index contributed by atoms with van der Waals surface area (Å²) in [6.07, 6.45) is 11.8. The van der Waals surface area contributed by atoms with Gasteiger partial charge in [0.25, 0.3) is 0 Å². The molecule has 4 heterocycles. The third-order valence-electron chi connectivity index (χ3n) is 6.37. The number of allylic oxidation sites excluding steroid dienone is 1. The maximum atomic E-state index is 5.47. The lowest BCUT2D eigenvalue weighted by Gasteiger charge is -2.28. The minimum absolute atomic E-state index is 0.741. The van der Waals surface area contributed by atoms with Gasteiger partial charge in [0.15, 0.2) is 11.5 Å². The first-order valence-electron chi connectivity index (χ1n) is 11.5. The largest absolute Gasteiger partial charge is 0.378 e. The van der Waals surface area contributed by atoms with E-state index < -0.39 is 0 Å². The third-order valence-corrected chi connectivity index (χ3v) is 6.37. The molecular formula is C26H26N6O. The molecule has 0 unspecified atom stereocenters. The van der Waals surface area contributed by atoms with E-state index in [0.717, 1.165) is 78.9 Å². The van der Waals surface area contributed by atoms with Crippen LogP contribution in [0.1, 0.15) is 23.9 Å². The molecule has 1 N–H and O–H groups in total. The number of hydrogen-bond acceptors (Lipinski definition) is 6. The number of ether oxygens (including phenoxy) is 1. The molecule has 0 bridgehead atoms. The molecule has 33 heavy (non-hydrogen) atoms. The number of pyridine rings is 1. The van der Waals surface area contributed by atoms with Gasteiger partial charge >= 0.3 is 0 Å². The van der Waals surface area contributed by atoms with Crippen LogP contribution in [-0.2, 0) is 17.6 Å². The molecule has 1 saturated heterocycles. The molecule has 166 valence electrons. The van der Waals surface area contributed by atoms with E-state index in [-0.39, 0.29) is 0 Å². The van der Waals surface area contributed by atoms with Crippen LogP contribution >= 0.6 is 0 Å². The van der Waals surface area contributed by atoms with E-state index in [9.17, 15) is 0 Å². The lowest BCUT2D eigenvalue weighted by molar-refractivity contribution is 0.122. The number of aromatic nitrogens is 4. The highest BCUT2D eigenvalue weighted by atomic mass is 16.5. The highest BCUT2D eigenvalue weighted by Gasteiger charge is 2.18. The van der Waals surface area contributed by atoms with Gasteiger partial charge in [0.2, 0.25) is 0 Å². The third kappa shape index (κ3) is 3.64. The lowest BCUT2D eigenvalue weighted by atomic mass is 10.1. The van der Waals surface area contributed by atoms with Gasteiger partial charge in [-0.1, -0.05) is 13.0 Å². The van der Waals surface area contributed by atoms with Gasteiger partial charge in [0.05, 0.1) is 30.3 Å². The molecule has 7 heteroatoms. The zero-order valence-corrected chi connectivity index (χ0v) is 18.7. The molecule has 0 spiro atoms. The molecule has 0 saturated carbocycles. The number of benzene rings is 1. The Hall–Kier alpha value is -3.71. The molecule has 1 aliphatic heterocycles. The van der Waals surface area contributed by atoms with Gasteiger partial charge in [0.1, 0.15) is 0 Å². The fourth-order valence-corrected chi connectivity index (χ4v) is 4.67. The van der Waals surface area contributed by atoms with Gasteiger partial charge in [-0.15, -0.1) is 0 Å². The predicted molar refractivity (Wildman–Crippen MR) is 131 cm³/mol. The van der Waals surface area contributed by atoms with E-state index in [1.165, 1.54) is 11.3 Å². The zero-order valence-electron chi connectivity index (χ0n) is 18.7. The maximum Gasteiger partial charge on any atom is 0.180 e. The van der Waals surface area contributed by atoms with Crippen molar-refractivity contribution >= 4 is 28.9 Å². The Balaban J connectivity index is 1.37. The van der Waals surface area contributed by atoms with Crippen LogP contribution in [0.4, 0.5) is 17.2 Å². The molecule has 1 aliphatic carbocycles. The summed E-state index contributed by atoms with van der Waals surface area (Å²) in [5, 5.41) is 3.51. The van der Waals surface area contributed by atoms with Gasteiger partial charge in [-0.2, -0.15) is 0 Å². The topological polar surface area (TPSA) is 67.6 Å². The maximum absolute atomic E-state index is 5.47. The van der Waals surface area contributed by atoms with Crippen molar-refractivity contribution in [2.75, 3.05) is 36.5 Å². The average molecular weight is 439 g/mol. The van der Waals surface area contributed by atoms with Gasteiger partial charge < -0.3 is 15.0 Å². The van der Waals surface area contributed by atoms with Crippen LogP contribution in [-0.4, -0.2) is 45.7 Å².